The Morgan fingerprint density at radius 3 is 2.05 bits per heavy atom. The summed E-state index contributed by atoms with van der Waals surface area (Å²) >= 11 is 11.4. The van der Waals surface area contributed by atoms with E-state index < -0.39 is 23.0 Å². The van der Waals surface area contributed by atoms with Crippen LogP contribution in [0.1, 0.15) is 31.2 Å². The summed E-state index contributed by atoms with van der Waals surface area (Å²) in [6.45, 7) is 0.492. The second kappa shape index (κ2) is 19.0. The van der Waals surface area contributed by atoms with Gasteiger partial charge in [0.2, 0.25) is 4.84 Å². The summed E-state index contributed by atoms with van der Waals surface area (Å²) in [5.74, 6) is 0.673. The van der Waals surface area contributed by atoms with Crippen molar-refractivity contribution < 1.29 is 38.4 Å². The topological polar surface area (TPSA) is 113 Å². The molecule has 1 atom stereocenters. The number of hydrogen-bond acceptors (Lipinski definition) is 8. The number of alkyl carbamates (subject to hydrolysis) is 1. The lowest BCUT2D eigenvalue weighted by Gasteiger charge is -2.20. The van der Waals surface area contributed by atoms with Crippen molar-refractivity contribution in [1.29, 1.82) is 0 Å². The quantitative estimate of drug-likeness (QED) is 0.0908. The number of unbranched alkanes of at least 4 members (excludes halogenated alkanes) is 3. The Morgan fingerprint density at radius 2 is 1.43 bits per heavy atom. The molecule has 0 heterocycles. The minimum atomic E-state index is -1.38. The van der Waals surface area contributed by atoms with Gasteiger partial charge < -0.3 is 34.1 Å². The monoisotopic (exact) mass is 647 g/mol. The van der Waals surface area contributed by atoms with Gasteiger partial charge in [0.15, 0.2) is 0 Å². The van der Waals surface area contributed by atoms with Crippen LogP contribution in [-0.2, 0) is 25.6 Å². The van der Waals surface area contributed by atoms with Gasteiger partial charge >= 0.3 is 12.1 Å². The third-order valence-corrected chi connectivity index (χ3v) is 7.07. The molecule has 3 aromatic carbocycles. The molecule has 0 aromatic heterocycles. The van der Waals surface area contributed by atoms with Gasteiger partial charge in [-0.15, -0.1) is 0 Å². The van der Waals surface area contributed by atoms with Crippen LogP contribution in [0.25, 0.3) is 22.3 Å². The molecule has 1 amide bonds. The molecule has 0 saturated heterocycles. The Labute approximate surface area is 268 Å². The molecular weight excluding hydrogens is 609 g/mol. The third-order valence-electron chi connectivity index (χ3n) is 6.72. The Hall–Kier alpha value is -3.50. The number of carbonyl (C=O) groups excluding carboxylic acids is 2. The zero-order valence-electron chi connectivity index (χ0n) is 24.9. The summed E-state index contributed by atoms with van der Waals surface area (Å²) in [5.41, 5.74) is 4.87. The van der Waals surface area contributed by atoms with Gasteiger partial charge in [-0.2, -0.15) is 0 Å². The molecule has 2 N–H and O–H groups in total. The van der Waals surface area contributed by atoms with Crippen LogP contribution in [0.2, 0.25) is 0 Å². The molecule has 3 rings (SSSR count). The minimum Gasteiger partial charge on any atom is -0.497 e. The highest BCUT2D eigenvalue weighted by Crippen LogP contribution is 2.32. The highest BCUT2D eigenvalue weighted by molar-refractivity contribution is 6.52. The van der Waals surface area contributed by atoms with E-state index in [0.29, 0.717) is 6.42 Å². The summed E-state index contributed by atoms with van der Waals surface area (Å²) < 4.78 is 27.2. The number of esters is 1. The molecule has 0 spiro atoms. The van der Waals surface area contributed by atoms with Crippen LogP contribution in [0.15, 0.2) is 66.7 Å². The normalized spacial score (nSPS) is 11.6. The van der Waals surface area contributed by atoms with E-state index in [0.717, 1.165) is 58.6 Å². The predicted octanol–water partition coefficient (Wildman–Crippen LogP) is 6.55. The number of carbonyl (C=O) groups is 2. The summed E-state index contributed by atoms with van der Waals surface area (Å²) in [6.07, 6.45) is 1.60. The average molecular weight is 649 g/mol. The van der Waals surface area contributed by atoms with E-state index in [4.69, 9.17) is 52.0 Å². The maximum atomic E-state index is 12.2. The van der Waals surface area contributed by atoms with Crippen LogP contribution in [-0.4, -0.2) is 68.7 Å². The van der Waals surface area contributed by atoms with Gasteiger partial charge in [0, 0.05) is 6.61 Å². The highest BCUT2D eigenvalue weighted by atomic mass is 35.5. The number of hydrogen-bond donors (Lipinski definition) is 2. The number of ether oxygens (including phenoxy) is 5. The van der Waals surface area contributed by atoms with Crippen molar-refractivity contribution >= 4 is 35.3 Å². The average Bonchev–Trinajstić information content (AvgIpc) is 3.05. The fourth-order valence-corrected chi connectivity index (χ4v) is 4.44. The molecule has 11 heteroatoms. The second-order valence-corrected chi connectivity index (χ2v) is 11.0. The number of alkyl halides is 2. The molecule has 44 heavy (non-hydrogen) atoms. The number of amides is 1. The number of rotatable bonds is 18. The number of nitrogens with one attached hydrogen (secondary N) is 1. The Bertz CT molecular complexity index is 1300. The van der Waals surface area contributed by atoms with Crippen molar-refractivity contribution in [3.05, 3.63) is 72.3 Å². The summed E-state index contributed by atoms with van der Waals surface area (Å²) in [7, 11) is 3.25. The molecule has 0 radical (unpaired) electrons. The lowest BCUT2D eigenvalue weighted by molar-refractivity contribution is -0.150. The standard InChI is InChI=1S/C33H39Cl2NO8/c1-40-27-13-9-23(10-14-27)25-7-8-26(30(19-25)24-11-15-28(41-2)16-12-24)21-42-22-29(44-32(38)31(34)35)20-36-33(39)43-18-6-4-3-5-17-37/h7-16,19,29,31,37H,3-6,17-18,20-22H2,1-2H3,(H,36,39)/t29-/m1/s1. The fourth-order valence-electron chi connectivity index (χ4n) is 4.34. The van der Waals surface area contributed by atoms with Gasteiger partial charge in [-0.1, -0.05) is 66.0 Å². The molecule has 9 nitrogen and oxygen atoms in total. The van der Waals surface area contributed by atoms with E-state index in [1.165, 1.54) is 0 Å². The van der Waals surface area contributed by atoms with E-state index in [-0.39, 0.29) is 33.0 Å². The van der Waals surface area contributed by atoms with Gasteiger partial charge in [-0.05, 0) is 77.4 Å². The first-order valence-electron chi connectivity index (χ1n) is 14.3. The van der Waals surface area contributed by atoms with Crippen molar-refractivity contribution in [2.45, 2.75) is 43.2 Å². The zero-order chi connectivity index (χ0) is 31.7. The molecule has 0 bridgehead atoms. The van der Waals surface area contributed by atoms with Crippen LogP contribution >= 0.6 is 23.2 Å². The van der Waals surface area contributed by atoms with Crippen molar-refractivity contribution in [2.24, 2.45) is 0 Å². The molecule has 0 aliphatic rings. The maximum absolute atomic E-state index is 12.2. The van der Waals surface area contributed by atoms with Crippen molar-refractivity contribution in [3.63, 3.8) is 0 Å². The van der Waals surface area contributed by atoms with E-state index in [9.17, 15) is 9.59 Å². The number of methoxy groups -OCH3 is 2. The smallest absolute Gasteiger partial charge is 0.407 e. The summed E-state index contributed by atoms with van der Waals surface area (Å²) in [6, 6.07) is 21.6. The first-order chi connectivity index (χ1) is 21.3. The Kier molecular flexibility index (Phi) is 15.1. The molecule has 238 valence electrons. The van der Waals surface area contributed by atoms with Gasteiger partial charge in [0.05, 0.1) is 40.6 Å². The molecule has 0 unspecified atom stereocenters. The highest BCUT2D eigenvalue weighted by Gasteiger charge is 2.21. The Morgan fingerprint density at radius 1 is 0.818 bits per heavy atom. The van der Waals surface area contributed by atoms with Crippen molar-refractivity contribution in [2.75, 3.05) is 40.6 Å². The summed E-state index contributed by atoms with van der Waals surface area (Å²) in [4.78, 5) is 22.9. The maximum Gasteiger partial charge on any atom is 0.407 e. The SMILES string of the molecule is COc1ccc(-c2ccc(COC[C@@H](CNC(=O)OCCCCCCO)OC(=O)C(Cl)Cl)c(-c3ccc(OC)cc3)c2)cc1. The number of aliphatic hydroxyl groups excluding tert-OH is 1. The van der Waals surface area contributed by atoms with E-state index in [2.05, 4.69) is 11.4 Å². The summed E-state index contributed by atoms with van der Waals surface area (Å²) in [5, 5.41) is 11.4. The van der Waals surface area contributed by atoms with Crippen molar-refractivity contribution in [1.82, 2.24) is 5.32 Å². The minimum absolute atomic E-state index is 0.0318. The number of benzene rings is 3. The van der Waals surface area contributed by atoms with Crippen LogP contribution < -0.4 is 14.8 Å². The van der Waals surface area contributed by atoms with Gasteiger partial charge in [0.25, 0.3) is 0 Å². The fraction of sp³-hybridized carbons (Fsp3) is 0.394. The van der Waals surface area contributed by atoms with Gasteiger partial charge in [-0.25, -0.2) is 9.59 Å². The van der Waals surface area contributed by atoms with Crippen LogP contribution in [0.3, 0.4) is 0 Å². The van der Waals surface area contributed by atoms with Crippen molar-refractivity contribution in [3.8, 4) is 33.8 Å². The molecule has 0 saturated carbocycles. The third kappa shape index (κ3) is 11.5. The molecule has 0 aliphatic carbocycles. The van der Waals surface area contributed by atoms with Crippen LogP contribution in [0, 0.1) is 0 Å². The van der Waals surface area contributed by atoms with E-state index in [1.54, 1.807) is 14.2 Å². The number of aliphatic hydroxyl groups is 1. The molecular formula is C33H39Cl2NO8. The van der Waals surface area contributed by atoms with Crippen LogP contribution in [0.4, 0.5) is 4.79 Å². The Balaban J connectivity index is 1.69. The van der Waals surface area contributed by atoms with Gasteiger partial charge in [-0.3, -0.25) is 0 Å². The van der Waals surface area contributed by atoms with Gasteiger partial charge in [0.1, 0.15) is 17.6 Å². The molecule has 0 aliphatic heterocycles. The molecule has 0 fully saturated rings. The first kappa shape index (κ1) is 35.0. The second-order valence-electron chi connectivity index (χ2n) is 9.86. The van der Waals surface area contributed by atoms with E-state index in [1.807, 2.05) is 60.7 Å². The lowest BCUT2D eigenvalue weighted by Crippen LogP contribution is -2.38. The first-order valence-corrected chi connectivity index (χ1v) is 15.2. The number of halogens is 2. The lowest BCUT2D eigenvalue weighted by atomic mass is 9.94. The largest absolute Gasteiger partial charge is 0.497 e. The van der Waals surface area contributed by atoms with E-state index >= 15 is 0 Å². The zero-order valence-corrected chi connectivity index (χ0v) is 26.4. The predicted molar refractivity (Wildman–Crippen MR) is 170 cm³/mol. The van der Waals surface area contributed by atoms with Crippen LogP contribution in [0.5, 0.6) is 11.5 Å². The molecule has 3 aromatic rings.